The molecule has 0 spiro atoms. The zero-order valence-corrected chi connectivity index (χ0v) is 25.3. The third-order valence-electron chi connectivity index (χ3n) is 7.85. The van der Waals surface area contributed by atoms with Gasteiger partial charge in [-0.1, -0.05) is 187 Å². The molecule has 0 N–H and O–H groups in total. The van der Waals surface area contributed by atoms with Crippen LogP contribution in [0.25, 0.3) is 0 Å². The van der Waals surface area contributed by atoms with Gasteiger partial charge in [0.15, 0.2) is 6.29 Å². The van der Waals surface area contributed by atoms with E-state index < -0.39 is 6.29 Å². The summed E-state index contributed by atoms with van der Waals surface area (Å²) in [6, 6.07) is 0. The van der Waals surface area contributed by atoms with Crippen LogP contribution in [0.4, 0.5) is 0 Å². The van der Waals surface area contributed by atoms with Gasteiger partial charge in [-0.05, 0) is 12.8 Å². The Hall–Kier alpha value is -0.0800. The minimum absolute atomic E-state index is 0.672. The van der Waals surface area contributed by atoms with Gasteiger partial charge in [0.25, 0.3) is 0 Å². The standard InChI is InChI=1S/C34H69O2/c1-3-5-7-9-11-13-15-17-19-20-22-24-26-28-30-32-34(35)36-33-31-29-27-25-23-21-18-16-14-12-10-8-6-4-2/h34H,3-33H2,1-2H3. The smallest absolute Gasteiger partial charge is 0.191 e. The Morgan fingerprint density at radius 3 is 0.917 bits per heavy atom. The number of unbranched alkanes of at least 4 members (excludes halogenated alkanes) is 27. The molecular weight excluding hydrogens is 440 g/mol. The van der Waals surface area contributed by atoms with E-state index in [9.17, 15) is 5.11 Å². The van der Waals surface area contributed by atoms with Crippen LogP contribution in [0.5, 0.6) is 0 Å². The number of rotatable bonds is 32. The summed E-state index contributed by atoms with van der Waals surface area (Å²) in [7, 11) is 0. The maximum atomic E-state index is 12.0. The Kier molecular flexibility index (Phi) is 32.9. The molecule has 0 saturated carbocycles. The van der Waals surface area contributed by atoms with E-state index in [1.165, 1.54) is 173 Å². The molecule has 2 heteroatoms. The first kappa shape index (κ1) is 35.9. The van der Waals surface area contributed by atoms with E-state index in [0.29, 0.717) is 13.0 Å². The first-order valence-corrected chi connectivity index (χ1v) is 17.1. The summed E-state index contributed by atoms with van der Waals surface area (Å²) in [5.41, 5.74) is 0. The third-order valence-corrected chi connectivity index (χ3v) is 7.85. The van der Waals surface area contributed by atoms with Gasteiger partial charge in [-0.2, -0.15) is 0 Å². The minimum Gasteiger partial charge on any atom is -0.350 e. The van der Waals surface area contributed by atoms with Gasteiger partial charge in [0.2, 0.25) is 0 Å². The lowest BCUT2D eigenvalue weighted by Gasteiger charge is -2.10. The molecule has 0 fully saturated rings. The fourth-order valence-corrected chi connectivity index (χ4v) is 5.28. The Labute approximate surface area is 229 Å². The highest BCUT2D eigenvalue weighted by Crippen LogP contribution is 2.15. The van der Waals surface area contributed by atoms with Crippen molar-refractivity contribution < 1.29 is 9.84 Å². The second kappa shape index (κ2) is 32.9. The van der Waals surface area contributed by atoms with Crippen molar-refractivity contribution in [2.45, 2.75) is 213 Å². The van der Waals surface area contributed by atoms with Crippen LogP contribution < -0.4 is 0 Å². The molecule has 1 radical (unpaired) electrons. The van der Waals surface area contributed by atoms with Crippen LogP contribution in [-0.2, 0) is 9.84 Å². The van der Waals surface area contributed by atoms with Gasteiger partial charge in [-0.15, -0.1) is 0 Å². The van der Waals surface area contributed by atoms with Crippen LogP contribution in [0.3, 0.4) is 0 Å². The lowest BCUT2D eigenvalue weighted by Crippen LogP contribution is -2.11. The third kappa shape index (κ3) is 31.9. The summed E-state index contributed by atoms with van der Waals surface area (Å²) in [6.07, 6.45) is 39.6. The lowest BCUT2D eigenvalue weighted by atomic mass is 10.0. The normalized spacial score (nSPS) is 12.4. The van der Waals surface area contributed by atoms with Crippen LogP contribution in [0, 0.1) is 0 Å². The van der Waals surface area contributed by atoms with Crippen LogP contribution in [-0.4, -0.2) is 12.9 Å². The van der Waals surface area contributed by atoms with Gasteiger partial charge in [0, 0.05) is 13.0 Å². The van der Waals surface area contributed by atoms with E-state index in [2.05, 4.69) is 13.8 Å². The molecule has 0 aliphatic heterocycles. The van der Waals surface area contributed by atoms with Crippen LogP contribution >= 0.6 is 0 Å². The van der Waals surface area contributed by atoms with E-state index >= 15 is 0 Å². The Morgan fingerprint density at radius 1 is 0.361 bits per heavy atom. The van der Waals surface area contributed by atoms with Gasteiger partial charge in [-0.3, -0.25) is 0 Å². The molecule has 0 amide bonds. The SMILES string of the molecule is CCCCCCCCCCCCCCCCCC([O])OCCCCCCCCCCCCCCCC. The van der Waals surface area contributed by atoms with Gasteiger partial charge in [0.1, 0.15) is 0 Å². The predicted octanol–water partition coefficient (Wildman–Crippen LogP) is 12.5. The molecule has 217 valence electrons. The number of ether oxygens (including phenoxy) is 1. The molecular formula is C34H69O2. The van der Waals surface area contributed by atoms with Crippen molar-refractivity contribution >= 4 is 0 Å². The second-order valence-electron chi connectivity index (χ2n) is 11.6. The van der Waals surface area contributed by atoms with Gasteiger partial charge in [-0.25, -0.2) is 5.11 Å². The Bertz CT molecular complexity index is 336. The highest BCUT2D eigenvalue weighted by molar-refractivity contribution is 4.52. The van der Waals surface area contributed by atoms with Crippen molar-refractivity contribution in [2.75, 3.05) is 6.61 Å². The Balaban J connectivity index is 3.13. The maximum absolute atomic E-state index is 12.0. The molecule has 0 saturated heterocycles. The first-order chi connectivity index (χ1) is 17.8. The van der Waals surface area contributed by atoms with E-state index in [1.54, 1.807) is 0 Å². The monoisotopic (exact) mass is 510 g/mol. The Morgan fingerprint density at radius 2 is 0.611 bits per heavy atom. The average Bonchev–Trinajstić information content (AvgIpc) is 2.88. The maximum Gasteiger partial charge on any atom is 0.191 e. The quantitative estimate of drug-likeness (QED) is 0.0654. The lowest BCUT2D eigenvalue weighted by molar-refractivity contribution is -0.144. The topological polar surface area (TPSA) is 29.1 Å². The number of hydrogen-bond donors (Lipinski definition) is 0. The fourth-order valence-electron chi connectivity index (χ4n) is 5.28. The average molecular weight is 510 g/mol. The van der Waals surface area contributed by atoms with E-state index in [-0.39, 0.29) is 0 Å². The molecule has 36 heavy (non-hydrogen) atoms. The summed E-state index contributed by atoms with van der Waals surface area (Å²) >= 11 is 0. The van der Waals surface area contributed by atoms with Gasteiger partial charge >= 0.3 is 0 Å². The predicted molar refractivity (Wildman–Crippen MR) is 160 cm³/mol. The molecule has 1 atom stereocenters. The summed E-state index contributed by atoms with van der Waals surface area (Å²) < 4.78 is 5.51. The van der Waals surface area contributed by atoms with Crippen molar-refractivity contribution in [1.82, 2.24) is 0 Å². The first-order valence-electron chi connectivity index (χ1n) is 17.1. The van der Waals surface area contributed by atoms with Crippen LogP contribution in [0.1, 0.15) is 206 Å². The van der Waals surface area contributed by atoms with Gasteiger partial charge < -0.3 is 4.74 Å². The van der Waals surface area contributed by atoms with Crippen molar-refractivity contribution in [2.24, 2.45) is 0 Å². The summed E-state index contributed by atoms with van der Waals surface area (Å²) in [6.45, 7) is 5.25. The highest BCUT2D eigenvalue weighted by atomic mass is 16.6. The van der Waals surface area contributed by atoms with E-state index in [4.69, 9.17) is 4.74 Å². The van der Waals surface area contributed by atoms with Crippen molar-refractivity contribution in [3.05, 3.63) is 0 Å². The van der Waals surface area contributed by atoms with E-state index in [1.807, 2.05) is 0 Å². The summed E-state index contributed by atoms with van der Waals surface area (Å²) in [5, 5.41) is 12.0. The number of hydrogen-bond acceptors (Lipinski definition) is 1. The molecule has 0 bridgehead atoms. The van der Waals surface area contributed by atoms with Crippen LogP contribution in [0.2, 0.25) is 0 Å². The van der Waals surface area contributed by atoms with Crippen molar-refractivity contribution in [3.8, 4) is 0 Å². The fraction of sp³-hybridized carbons (Fsp3) is 1.00. The molecule has 0 aromatic rings. The molecule has 0 aromatic heterocycles. The van der Waals surface area contributed by atoms with Crippen LogP contribution in [0.15, 0.2) is 0 Å². The zero-order chi connectivity index (χ0) is 26.2. The van der Waals surface area contributed by atoms with E-state index in [0.717, 1.165) is 12.8 Å². The van der Waals surface area contributed by atoms with Crippen molar-refractivity contribution in [1.29, 1.82) is 0 Å². The molecule has 2 nitrogen and oxygen atoms in total. The summed E-state index contributed by atoms with van der Waals surface area (Å²) in [5.74, 6) is 0. The zero-order valence-electron chi connectivity index (χ0n) is 25.3. The highest BCUT2D eigenvalue weighted by Gasteiger charge is 2.05. The summed E-state index contributed by atoms with van der Waals surface area (Å²) in [4.78, 5) is 0. The minimum atomic E-state index is -0.783. The van der Waals surface area contributed by atoms with Crippen molar-refractivity contribution in [3.63, 3.8) is 0 Å². The molecule has 1 unspecified atom stereocenters. The molecule has 0 rings (SSSR count). The molecule has 0 aliphatic carbocycles. The second-order valence-corrected chi connectivity index (χ2v) is 11.6. The molecule has 0 aliphatic rings. The van der Waals surface area contributed by atoms with Gasteiger partial charge in [0.05, 0.1) is 0 Å². The largest absolute Gasteiger partial charge is 0.350 e. The molecule has 0 heterocycles. The molecule has 0 aromatic carbocycles.